The van der Waals surface area contributed by atoms with Crippen LogP contribution in [0.2, 0.25) is 0 Å². The zero-order chi connectivity index (χ0) is 9.26. The van der Waals surface area contributed by atoms with Gasteiger partial charge in [-0.2, -0.15) is 0 Å². The molecule has 2 rings (SSSR count). The second kappa shape index (κ2) is 3.26. The number of rotatable bonds is 2. The molecule has 0 saturated carbocycles. The third-order valence-electron chi connectivity index (χ3n) is 1.96. The number of hydrogen-bond acceptors (Lipinski definition) is 4. The molecule has 1 amide bonds. The molecule has 1 aliphatic heterocycles. The van der Waals surface area contributed by atoms with Gasteiger partial charge in [-0.3, -0.25) is 14.6 Å². The molecule has 1 aromatic heterocycles. The van der Waals surface area contributed by atoms with E-state index in [4.69, 9.17) is 0 Å². The molecule has 1 fully saturated rings. The normalized spacial score (nSPS) is 17.1. The molecule has 13 heavy (non-hydrogen) atoms. The number of amides is 1. The van der Waals surface area contributed by atoms with E-state index in [0.29, 0.717) is 19.5 Å². The van der Waals surface area contributed by atoms with E-state index in [0.717, 1.165) is 4.88 Å². The molecule has 0 bridgehead atoms. The van der Waals surface area contributed by atoms with Crippen LogP contribution < -0.4 is 0 Å². The third-order valence-corrected chi connectivity index (χ3v) is 2.73. The molecule has 0 atom stereocenters. The average Bonchev–Trinajstić information content (AvgIpc) is 2.71. The number of carbonyl (C=O) groups excluding carboxylic acids is 2. The summed E-state index contributed by atoms with van der Waals surface area (Å²) in [5.41, 5.74) is 1.72. The van der Waals surface area contributed by atoms with Gasteiger partial charge >= 0.3 is 0 Å². The van der Waals surface area contributed by atoms with Gasteiger partial charge in [-0.05, 0) is 0 Å². The fourth-order valence-electron chi connectivity index (χ4n) is 1.28. The Morgan fingerprint density at radius 1 is 1.54 bits per heavy atom. The first-order valence-corrected chi connectivity index (χ1v) is 4.85. The summed E-state index contributed by atoms with van der Waals surface area (Å²) in [5, 5.41) is 0. The van der Waals surface area contributed by atoms with E-state index in [1.807, 2.05) is 0 Å². The van der Waals surface area contributed by atoms with Gasteiger partial charge in [0.1, 0.15) is 0 Å². The lowest BCUT2D eigenvalue weighted by molar-refractivity contribution is -0.140. The Kier molecular flexibility index (Phi) is 2.10. The average molecular weight is 196 g/mol. The van der Waals surface area contributed by atoms with Crippen LogP contribution in [-0.2, 0) is 16.1 Å². The zero-order valence-corrected chi connectivity index (χ0v) is 7.71. The number of Topliss-reactive ketones (excluding diaryl/α,β-unsaturated/α-hetero) is 1. The first kappa shape index (κ1) is 8.37. The minimum Gasteiger partial charge on any atom is -0.330 e. The van der Waals surface area contributed by atoms with Crippen LogP contribution >= 0.6 is 11.3 Å². The van der Waals surface area contributed by atoms with E-state index in [1.165, 1.54) is 11.3 Å². The van der Waals surface area contributed by atoms with Gasteiger partial charge in [0.05, 0.1) is 12.1 Å². The maximum absolute atomic E-state index is 11.2. The van der Waals surface area contributed by atoms with Crippen molar-refractivity contribution in [3.05, 3.63) is 16.6 Å². The summed E-state index contributed by atoms with van der Waals surface area (Å²) in [5.74, 6) is -0.627. The highest BCUT2D eigenvalue weighted by atomic mass is 32.1. The summed E-state index contributed by atoms with van der Waals surface area (Å²) in [4.78, 5) is 28.6. The van der Waals surface area contributed by atoms with Gasteiger partial charge in [0, 0.05) is 24.0 Å². The summed E-state index contributed by atoms with van der Waals surface area (Å²) in [6, 6.07) is 0. The highest BCUT2D eigenvalue weighted by Crippen LogP contribution is 2.14. The molecule has 0 aliphatic carbocycles. The van der Waals surface area contributed by atoms with Crippen molar-refractivity contribution in [2.24, 2.45) is 0 Å². The molecule has 2 heterocycles. The van der Waals surface area contributed by atoms with Crippen LogP contribution in [0.1, 0.15) is 11.3 Å². The second-order valence-electron chi connectivity index (χ2n) is 2.87. The van der Waals surface area contributed by atoms with Crippen molar-refractivity contribution in [3.8, 4) is 0 Å². The molecule has 0 radical (unpaired) electrons. The van der Waals surface area contributed by atoms with E-state index in [1.54, 1.807) is 16.6 Å². The van der Waals surface area contributed by atoms with Gasteiger partial charge in [-0.25, -0.2) is 0 Å². The Bertz CT molecular complexity index is 334. The van der Waals surface area contributed by atoms with Crippen molar-refractivity contribution in [3.63, 3.8) is 0 Å². The maximum atomic E-state index is 11.2. The van der Waals surface area contributed by atoms with Crippen molar-refractivity contribution in [2.75, 3.05) is 6.54 Å². The van der Waals surface area contributed by atoms with Crippen molar-refractivity contribution < 1.29 is 9.59 Å². The van der Waals surface area contributed by atoms with Crippen molar-refractivity contribution in [1.82, 2.24) is 9.88 Å². The zero-order valence-electron chi connectivity index (χ0n) is 6.90. The fourth-order valence-corrected chi connectivity index (χ4v) is 1.89. The molecular weight excluding hydrogens is 188 g/mol. The monoisotopic (exact) mass is 196 g/mol. The Balaban J connectivity index is 2.04. The smallest absolute Gasteiger partial charge is 0.290 e. The first-order chi connectivity index (χ1) is 6.27. The van der Waals surface area contributed by atoms with E-state index < -0.39 is 0 Å². The van der Waals surface area contributed by atoms with Crippen LogP contribution in [-0.4, -0.2) is 28.1 Å². The van der Waals surface area contributed by atoms with Crippen LogP contribution in [0.25, 0.3) is 0 Å². The number of hydrogen-bond donors (Lipinski definition) is 0. The van der Waals surface area contributed by atoms with Crippen LogP contribution in [0, 0.1) is 0 Å². The molecule has 68 valence electrons. The lowest BCUT2D eigenvalue weighted by Crippen LogP contribution is -2.26. The van der Waals surface area contributed by atoms with Crippen molar-refractivity contribution in [1.29, 1.82) is 0 Å². The van der Waals surface area contributed by atoms with E-state index in [2.05, 4.69) is 4.98 Å². The van der Waals surface area contributed by atoms with Crippen molar-refractivity contribution >= 4 is 23.0 Å². The van der Waals surface area contributed by atoms with Gasteiger partial charge in [-0.15, -0.1) is 11.3 Å². The first-order valence-electron chi connectivity index (χ1n) is 3.97. The lowest BCUT2D eigenvalue weighted by Gasteiger charge is -2.11. The summed E-state index contributed by atoms with van der Waals surface area (Å²) >= 11 is 1.50. The van der Waals surface area contributed by atoms with E-state index in [9.17, 15) is 9.59 Å². The Labute approximate surface area is 79.2 Å². The Morgan fingerprint density at radius 2 is 2.38 bits per heavy atom. The highest BCUT2D eigenvalue weighted by Gasteiger charge is 2.29. The molecular formula is C8H8N2O2S. The summed E-state index contributed by atoms with van der Waals surface area (Å²) in [6.07, 6.45) is 2.08. The van der Waals surface area contributed by atoms with Gasteiger partial charge < -0.3 is 4.90 Å². The minimum atomic E-state index is -0.353. The topological polar surface area (TPSA) is 50.3 Å². The van der Waals surface area contributed by atoms with E-state index in [-0.39, 0.29) is 11.7 Å². The second-order valence-corrected chi connectivity index (χ2v) is 3.84. The molecule has 1 saturated heterocycles. The van der Waals surface area contributed by atoms with Gasteiger partial charge in [0.25, 0.3) is 5.91 Å². The highest BCUT2D eigenvalue weighted by molar-refractivity contribution is 7.09. The Hall–Kier alpha value is -1.23. The fraction of sp³-hybridized carbons (Fsp3) is 0.375. The van der Waals surface area contributed by atoms with E-state index >= 15 is 0 Å². The molecule has 5 heteroatoms. The third kappa shape index (κ3) is 1.60. The van der Waals surface area contributed by atoms with Crippen LogP contribution in [0.4, 0.5) is 0 Å². The molecule has 0 N–H and O–H groups in total. The number of aromatic nitrogens is 1. The molecule has 4 nitrogen and oxygen atoms in total. The standard InChI is InChI=1S/C8H8N2O2S/c11-7-1-2-10(8(7)12)4-6-3-9-5-13-6/h3,5H,1-2,4H2. The quantitative estimate of drug-likeness (QED) is 0.645. The van der Waals surface area contributed by atoms with Crippen LogP contribution in [0.15, 0.2) is 11.7 Å². The molecule has 0 unspecified atom stereocenters. The number of likely N-dealkylation sites (tertiary alicyclic amines) is 1. The minimum absolute atomic E-state index is 0.274. The Morgan fingerprint density at radius 3 is 2.92 bits per heavy atom. The van der Waals surface area contributed by atoms with Crippen molar-refractivity contribution in [2.45, 2.75) is 13.0 Å². The SMILES string of the molecule is O=C1CCN(Cc2cncs2)C1=O. The van der Waals surface area contributed by atoms with Crippen LogP contribution in [0.3, 0.4) is 0 Å². The van der Waals surface area contributed by atoms with Gasteiger partial charge in [-0.1, -0.05) is 0 Å². The maximum Gasteiger partial charge on any atom is 0.290 e. The number of nitrogens with zero attached hydrogens (tertiary/aromatic N) is 2. The number of carbonyl (C=O) groups is 2. The molecule has 0 aromatic carbocycles. The molecule has 1 aliphatic rings. The largest absolute Gasteiger partial charge is 0.330 e. The molecule has 0 spiro atoms. The predicted molar refractivity (Wildman–Crippen MR) is 47.2 cm³/mol. The van der Waals surface area contributed by atoms with Gasteiger partial charge in [0.2, 0.25) is 5.78 Å². The predicted octanol–water partition coefficient (Wildman–Crippen LogP) is 0.445. The lowest BCUT2D eigenvalue weighted by atomic mass is 10.3. The molecule has 1 aromatic rings. The van der Waals surface area contributed by atoms with Crippen LogP contribution in [0.5, 0.6) is 0 Å². The number of thiazole rings is 1. The number of ketones is 1. The summed E-state index contributed by atoms with van der Waals surface area (Å²) < 4.78 is 0. The summed E-state index contributed by atoms with van der Waals surface area (Å²) in [6.45, 7) is 1.07. The van der Waals surface area contributed by atoms with Gasteiger partial charge in [0.15, 0.2) is 0 Å². The summed E-state index contributed by atoms with van der Waals surface area (Å²) in [7, 11) is 0.